The molecule has 1 N–H and O–H groups in total. The van der Waals surface area contributed by atoms with Crippen molar-refractivity contribution in [1.29, 1.82) is 0 Å². The maximum Gasteiger partial charge on any atom is 0.261 e. The fraction of sp³-hybridized carbons (Fsp3) is 0.167. The number of thiazole rings is 1. The van der Waals surface area contributed by atoms with Gasteiger partial charge in [-0.2, -0.15) is 0 Å². The van der Waals surface area contributed by atoms with Gasteiger partial charge in [0.1, 0.15) is 11.5 Å². The number of carbonyl (C=O) groups excluding carboxylic acids is 1. The number of methoxy groups -OCH3 is 1. The zero-order valence-corrected chi connectivity index (χ0v) is 17.7. The van der Waals surface area contributed by atoms with Crippen LogP contribution in [0.5, 0.6) is 11.5 Å². The minimum Gasteiger partial charge on any atom is -0.496 e. The van der Waals surface area contributed by atoms with Crippen molar-refractivity contribution in [3.8, 4) is 22.8 Å². The van der Waals surface area contributed by atoms with Crippen LogP contribution in [0, 0.1) is 0 Å². The summed E-state index contributed by atoms with van der Waals surface area (Å²) in [6.45, 7) is 2.78. The molecule has 4 rings (SSSR count). The molecule has 3 aromatic carbocycles. The Kier molecular flexibility index (Phi) is 5.95. The standard InChI is InChI=1S/C24H22N2O3S/c1-3-12-29-19-10-8-16(9-11-19)21-15-30-24(25-21)26-23(27)20-13-17-6-4-5-7-18(17)14-22(20)28-2/h4-11,13-15H,3,12H2,1-2H3,(H,25,26,27). The first-order valence-electron chi connectivity index (χ1n) is 9.75. The van der Waals surface area contributed by atoms with Crippen LogP contribution >= 0.6 is 11.3 Å². The molecule has 0 aliphatic heterocycles. The Morgan fingerprint density at radius 1 is 1.07 bits per heavy atom. The summed E-state index contributed by atoms with van der Waals surface area (Å²) in [5.74, 6) is 1.13. The second-order valence-corrected chi connectivity index (χ2v) is 7.62. The van der Waals surface area contributed by atoms with E-state index in [4.69, 9.17) is 9.47 Å². The molecule has 152 valence electrons. The molecular weight excluding hydrogens is 396 g/mol. The van der Waals surface area contributed by atoms with E-state index in [1.807, 2.05) is 66.0 Å². The number of aromatic nitrogens is 1. The van der Waals surface area contributed by atoms with Crippen molar-refractivity contribution in [2.24, 2.45) is 0 Å². The first-order chi connectivity index (χ1) is 14.7. The Bertz CT molecular complexity index is 1170. The van der Waals surface area contributed by atoms with Gasteiger partial charge in [0.2, 0.25) is 0 Å². The van der Waals surface area contributed by atoms with Crippen molar-refractivity contribution in [2.45, 2.75) is 13.3 Å². The molecular formula is C24H22N2O3S. The lowest BCUT2D eigenvalue weighted by atomic mass is 10.1. The van der Waals surface area contributed by atoms with Crippen LogP contribution in [0.15, 0.2) is 66.0 Å². The molecule has 0 bridgehead atoms. The summed E-state index contributed by atoms with van der Waals surface area (Å²) in [6, 6.07) is 19.4. The second-order valence-electron chi connectivity index (χ2n) is 6.76. The molecule has 4 aromatic rings. The van der Waals surface area contributed by atoms with E-state index in [-0.39, 0.29) is 5.91 Å². The molecule has 0 saturated carbocycles. The molecule has 0 aliphatic carbocycles. The molecule has 1 heterocycles. The maximum atomic E-state index is 12.9. The molecule has 6 heteroatoms. The lowest BCUT2D eigenvalue weighted by Gasteiger charge is -2.10. The summed E-state index contributed by atoms with van der Waals surface area (Å²) in [6.07, 6.45) is 0.971. The number of rotatable bonds is 7. The first-order valence-corrected chi connectivity index (χ1v) is 10.6. The Morgan fingerprint density at radius 3 is 2.50 bits per heavy atom. The maximum absolute atomic E-state index is 12.9. The Labute approximate surface area is 179 Å². The predicted octanol–water partition coefficient (Wildman–Crippen LogP) is 6.01. The molecule has 30 heavy (non-hydrogen) atoms. The summed E-state index contributed by atoms with van der Waals surface area (Å²) in [7, 11) is 1.57. The highest BCUT2D eigenvalue weighted by Gasteiger charge is 2.16. The number of fused-ring (bicyclic) bond motifs is 1. The molecule has 0 radical (unpaired) electrons. The number of hydrogen-bond acceptors (Lipinski definition) is 5. The van der Waals surface area contributed by atoms with Gasteiger partial charge < -0.3 is 9.47 Å². The van der Waals surface area contributed by atoms with Gasteiger partial charge in [-0.05, 0) is 53.6 Å². The van der Waals surface area contributed by atoms with E-state index < -0.39 is 0 Å². The van der Waals surface area contributed by atoms with Gasteiger partial charge in [0, 0.05) is 10.9 Å². The summed E-state index contributed by atoms with van der Waals surface area (Å²) >= 11 is 1.39. The number of amides is 1. The van der Waals surface area contributed by atoms with Crippen molar-refractivity contribution in [1.82, 2.24) is 4.98 Å². The first kappa shape index (κ1) is 19.9. The van der Waals surface area contributed by atoms with E-state index in [2.05, 4.69) is 17.2 Å². The largest absolute Gasteiger partial charge is 0.496 e. The van der Waals surface area contributed by atoms with Gasteiger partial charge in [0.25, 0.3) is 5.91 Å². The number of hydrogen-bond donors (Lipinski definition) is 1. The van der Waals surface area contributed by atoms with Crippen molar-refractivity contribution in [3.05, 3.63) is 71.6 Å². The summed E-state index contributed by atoms with van der Waals surface area (Å²) in [5, 5.41) is 7.36. The van der Waals surface area contributed by atoms with E-state index >= 15 is 0 Å². The second kappa shape index (κ2) is 8.97. The van der Waals surface area contributed by atoms with Crippen LogP contribution in [0.2, 0.25) is 0 Å². The van der Waals surface area contributed by atoms with Gasteiger partial charge in [-0.1, -0.05) is 31.2 Å². The average molecular weight is 419 g/mol. The van der Waals surface area contributed by atoms with Crippen molar-refractivity contribution in [2.75, 3.05) is 19.0 Å². The fourth-order valence-corrected chi connectivity index (χ4v) is 3.85. The van der Waals surface area contributed by atoms with Crippen LogP contribution in [-0.2, 0) is 0 Å². The number of anilines is 1. The monoisotopic (exact) mass is 418 g/mol. The van der Waals surface area contributed by atoms with E-state index in [9.17, 15) is 4.79 Å². The predicted molar refractivity (Wildman–Crippen MR) is 122 cm³/mol. The van der Waals surface area contributed by atoms with Crippen LogP contribution < -0.4 is 14.8 Å². The number of ether oxygens (including phenoxy) is 2. The van der Waals surface area contributed by atoms with Gasteiger partial charge in [0.05, 0.1) is 25.0 Å². The third kappa shape index (κ3) is 4.28. The molecule has 0 atom stereocenters. The van der Waals surface area contributed by atoms with E-state index in [0.29, 0.717) is 23.1 Å². The smallest absolute Gasteiger partial charge is 0.261 e. The van der Waals surface area contributed by atoms with Crippen LogP contribution in [-0.4, -0.2) is 24.6 Å². The lowest BCUT2D eigenvalue weighted by Crippen LogP contribution is -2.13. The van der Waals surface area contributed by atoms with Crippen molar-refractivity contribution in [3.63, 3.8) is 0 Å². The van der Waals surface area contributed by atoms with Crippen molar-refractivity contribution >= 4 is 33.1 Å². The van der Waals surface area contributed by atoms with E-state index in [1.165, 1.54) is 11.3 Å². The zero-order chi connectivity index (χ0) is 20.9. The van der Waals surface area contributed by atoms with Crippen LogP contribution in [0.1, 0.15) is 23.7 Å². The van der Waals surface area contributed by atoms with Crippen LogP contribution in [0.4, 0.5) is 5.13 Å². The molecule has 0 aliphatic rings. The van der Waals surface area contributed by atoms with Gasteiger partial charge in [-0.3, -0.25) is 10.1 Å². The van der Waals surface area contributed by atoms with Gasteiger partial charge in [-0.15, -0.1) is 11.3 Å². The summed E-state index contributed by atoms with van der Waals surface area (Å²) in [5.41, 5.74) is 2.26. The zero-order valence-electron chi connectivity index (χ0n) is 16.8. The van der Waals surface area contributed by atoms with Crippen molar-refractivity contribution < 1.29 is 14.3 Å². The third-order valence-corrected chi connectivity index (χ3v) is 5.42. The topological polar surface area (TPSA) is 60.5 Å². The molecule has 0 spiro atoms. The van der Waals surface area contributed by atoms with Gasteiger partial charge in [-0.25, -0.2) is 4.98 Å². The summed E-state index contributed by atoms with van der Waals surface area (Å²) in [4.78, 5) is 17.4. The third-order valence-electron chi connectivity index (χ3n) is 4.66. The van der Waals surface area contributed by atoms with E-state index in [1.54, 1.807) is 7.11 Å². The quantitative estimate of drug-likeness (QED) is 0.399. The molecule has 5 nitrogen and oxygen atoms in total. The highest BCUT2D eigenvalue weighted by molar-refractivity contribution is 7.14. The molecule has 0 fully saturated rings. The molecule has 1 aromatic heterocycles. The van der Waals surface area contributed by atoms with Gasteiger partial charge in [0.15, 0.2) is 5.13 Å². The molecule has 0 unspecified atom stereocenters. The average Bonchev–Trinajstić information content (AvgIpc) is 3.25. The normalized spacial score (nSPS) is 10.7. The fourth-order valence-electron chi connectivity index (χ4n) is 3.14. The highest BCUT2D eigenvalue weighted by Crippen LogP contribution is 2.29. The Morgan fingerprint density at radius 2 is 1.80 bits per heavy atom. The highest BCUT2D eigenvalue weighted by atomic mass is 32.1. The Balaban J connectivity index is 1.52. The van der Waals surface area contributed by atoms with Crippen LogP contribution in [0.3, 0.4) is 0 Å². The number of nitrogens with one attached hydrogen (secondary N) is 1. The minimum absolute atomic E-state index is 0.248. The lowest BCUT2D eigenvalue weighted by molar-refractivity contribution is 0.102. The molecule has 0 saturated heterocycles. The molecule has 1 amide bonds. The SMILES string of the molecule is CCCOc1ccc(-c2csc(NC(=O)c3cc4ccccc4cc3OC)n2)cc1. The number of benzene rings is 3. The minimum atomic E-state index is -0.248. The Hall–Kier alpha value is -3.38. The van der Waals surface area contributed by atoms with Gasteiger partial charge >= 0.3 is 0 Å². The van der Waals surface area contributed by atoms with E-state index in [0.717, 1.165) is 34.2 Å². The van der Waals surface area contributed by atoms with Crippen LogP contribution in [0.25, 0.3) is 22.0 Å². The number of nitrogens with zero attached hydrogens (tertiary/aromatic N) is 1. The summed E-state index contributed by atoms with van der Waals surface area (Å²) < 4.78 is 11.1. The number of carbonyl (C=O) groups is 1.